The molecule has 0 aliphatic heterocycles. The molecule has 0 fully saturated rings. The van der Waals surface area contributed by atoms with E-state index in [-0.39, 0.29) is 17.1 Å². The standard InChI is InChI=1S/C10H9S.C5H5.Fe/c1-2-5-9(4-1)8-10-6-3-7-11-10;1-2-4-5-3-1;/h1-7H,8H2;1-5H;/q2*-1;+2. The van der Waals surface area contributed by atoms with Crippen LogP contribution in [0, 0.1) is 0 Å². The molecule has 0 N–H and O–H groups in total. The van der Waals surface area contributed by atoms with Crippen LogP contribution in [-0.2, 0) is 23.5 Å². The summed E-state index contributed by atoms with van der Waals surface area (Å²) >= 11 is 1.82. The second-order valence-corrected chi connectivity index (χ2v) is 4.54. The van der Waals surface area contributed by atoms with Gasteiger partial charge in [0.05, 0.1) is 0 Å². The second-order valence-electron chi connectivity index (χ2n) is 3.51. The molecule has 2 heteroatoms. The summed E-state index contributed by atoms with van der Waals surface area (Å²) in [5.74, 6) is 0. The Balaban J connectivity index is 0.000000205. The molecular weight excluding hydrogens is 268 g/mol. The average molecular weight is 282 g/mol. The van der Waals surface area contributed by atoms with E-state index in [9.17, 15) is 0 Å². The summed E-state index contributed by atoms with van der Waals surface area (Å²) in [5, 5.41) is 2.12. The van der Waals surface area contributed by atoms with Crippen LogP contribution in [0.25, 0.3) is 0 Å². The van der Waals surface area contributed by atoms with Crippen molar-refractivity contribution < 1.29 is 17.1 Å². The van der Waals surface area contributed by atoms with Crippen molar-refractivity contribution in [3.05, 3.63) is 82.6 Å². The maximum Gasteiger partial charge on any atom is 2.00 e. The number of thiophene rings is 1. The van der Waals surface area contributed by atoms with Gasteiger partial charge in [-0.1, -0.05) is 6.07 Å². The Bertz CT molecular complexity index is 400. The quantitative estimate of drug-likeness (QED) is 0.481. The fraction of sp³-hybridized carbons (Fsp3) is 0.0667. The van der Waals surface area contributed by atoms with Crippen LogP contribution in [0.3, 0.4) is 0 Å². The Morgan fingerprint density at radius 1 is 1.00 bits per heavy atom. The zero-order valence-electron chi connectivity index (χ0n) is 9.40. The molecule has 88 valence electrons. The van der Waals surface area contributed by atoms with Crippen LogP contribution in [0.15, 0.2) is 72.1 Å². The Kier molecular flexibility index (Phi) is 6.64. The largest absolute Gasteiger partial charge is 2.00 e. The van der Waals surface area contributed by atoms with Crippen molar-refractivity contribution in [1.82, 2.24) is 0 Å². The van der Waals surface area contributed by atoms with Gasteiger partial charge in [-0.3, -0.25) is 0 Å². The van der Waals surface area contributed by atoms with Gasteiger partial charge >= 0.3 is 17.1 Å². The van der Waals surface area contributed by atoms with E-state index in [1.165, 1.54) is 10.4 Å². The van der Waals surface area contributed by atoms with Gasteiger partial charge in [-0.2, -0.15) is 35.9 Å². The molecule has 17 heavy (non-hydrogen) atoms. The maximum atomic E-state index is 2.18. The minimum Gasteiger partial charge on any atom is -0.214 e. The van der Waals surface area contributed by atoms with Gasteiger partial charge in [0.25, 0.3) is 0 Å². The van der Waals surface area contributed by atoms with Crippen LogP contribution in [0.2, 0.25) is 0 Å². The van der Waals surface area contributed by atoms with Crippen LogP contribution in [0.5, 0.6) is 0 Å². The van der Waals surface area contributed by atoms with Crippen molar-refractivity contribution in [2.75, 3.05) is 0 Å². The topological polar surface area (TPSA) is 0 Å². The fourth-order valence-corrected chi connectivity index (χ4v) is 2.21. The summed E-state index contributed by atoms with van der Waals surface area (Å²) in [6.07, 6.45) is 1.09. The monoisotopic (exact) mass is 282 g/mol. The van der Waals surface area contributed by atoms with Crippen molar-refractivity contribution in [3.63, 3.8) is 0 Å². The van der Waals surface area contributed by atoms with E-state index in [0.717, 1.165) is 6.42 Å². The molecule has 0 aliphatic carbocycles. The Labute approximate surface area is 117 Å². The normalized spacial score (nSPS) is 8.94. The summed E-state index contributed by atoms with van der Waals surface area (Å²) in [5.41, 5.74) is 1.41. The Hall–Kier alpha value is -1.08. The number of hydrogen-bond donors (Lipinski definition) is 0. The summed E-state index contributed by atoms with van der Waals surface area (Å²) in [4.78, 5) is 1.44. The molecule has 1 heterocycles. The second kappa shape index (κ2) is 8.08. The van der Waals surface area contributed by atoms with Gasteiger partial charge in [-0.25, -0.2) is 24.3 Å². The van der Waals surface area contributed by atoms with Gasteiger partial charge in [0.1, 0.15) is 0 Å². The summed E-state index contributed by atoms with van der Waals surface area (Å²) in [6, 6.07) is 22.8. The number of hydrogen-bond acceptors (Lipinski definition) is 1. The predicted octanol–water partition coefficient (Wildman–Crippen LogP) is 4.46. The first kappa shape index (κ1) is 14.0. The molecule has 0 saturated carbocycles. The number of rotatable bonds is 2. The minimum absolute atomic E-state index is 0. The third-order valence-corrected chi connectivity index (χ3v) is 3.12. The van der Waals surface area contributed by atoms with E-state index < -0.39 is 0 Å². The molecular formula is C15H14FeS. The van der Waals surface area contributed by atoms with Crippen LogP contribution >= 0.6 is 11.3 Å². The first-order valence-electron chi connectivity index (χ1n) is 5.35. The minimum atomic E-state index is 0. The van der Waals surface area contributed by atoms with E-state index in [1.54, 1.807) is 0 Å². The molecule has 0 aliphatic rings. The molecule has 0 amide bonds. The zero-order valence-corrected chi connectivity index (χ0v) is 11.3. The van der Waals surface area contributed by atoms with Gasteiger partial charge in [0.2, 0.25) is 0 Å². The Morgan fingerprint density at radius 2 is 1.71 bits per heavy atom. The molecule has 2 aromatic carbocycles. The van der Waals surface area contributed by atoms with E-state index in [4.69, 9.17) is 0 Å². The molecule has 0 saturated heterocycles. The molecule has 1 aromatic heterocycles. The SMILES string of the molecule is [Fe+2].c1cc[cH-]c1.c1csc(C[c-]2cccc2)c1. The van der Waals surface area contributed by atoms with Crippen LogP contribution < -0.4 is 0 Å². The van der Waals surface area contributed by atoms with Crippen LogP contribution in [0.1, 0.15) is 10.4 Å². The van der Waals surface area contributed by atoms with Crippen molar-refractivity contribution in [3.8, 4) is 0 Å². The summed E-state index contributed by atoms with van der Waals surface area (Å²) in [7, 11) is 0. The zero-order chi connectivity index (χ0) is 11.1. The van der Waals surface area contributed by atoms with E-state index >= 15 is 0 Å². The third-order valence-electron chi connectivity index (χ3n) is 2.25. The summed E-state index contributed by atoms with van der Waals surface area (Å²) in [6.45, 7) is 0. The van der Waals surface area contributed by atoms with Crippen molar-refractivity contribution in [2.45, 2.75) is 6.42 Å². The average Bonchev–Trinajstić information content (AvgIpc) is 3.05. The molecule has 0 bridgehead atoms. The van der Waals surface area contributed by atoms with Crippen molar-refractivity contribution in [1.29, 1.82) is 0 Å². The van der Waals surface area contributed by atoms with E-state index in [1.807, 2.05) is 41.7 Å². The van der Waals surface area contributed by atoms with Crippen LogP contribution in [-0.4, -0.2) is 0 Å². The predicted molar refractivity (Wildman–Crippen MR) is 71.2 cm³/mol. The van der Waals surface area contributed by atoms with Crippen LogP contribution in [0.4, 0.5) is 0 Å². The molecule has 0 unspecified atom stereocenters. The molecule has 0 radical (unpaired) electrons. The molecule has 0 atom stereocenters. The molecule has 3 rings (SSSR count). The smallest absolute Gasteiger partial charge is 0.214 e. The molecule has 3 aromatic rings. The van der Waals surface area contributed by atoms with Gasteiger partial charge in [0.15, 0.2) is 0 Å². The third kappa shape index (κ3) is 5.18. The van der Waals surface area contributed by atoms with E-state index in [2.05, 4.69) is 41.8 Å². The van der Waals surface area contributed by atoms with Gasteiger partial charge in [0, 0.05) is 0 Å². The van der Waals surface area contributed by atoms with Crippen molar-refractivity contribution >= 4 is 11.3 Å². The Morgan fingerprint density at radius 3 is 2.18 bits per heavy atom. The summed E-state index contributed by atoms with van der Waals surface area (Å²) < 4.78 is 0. The molecule has 0 nitrogen and oxygen atoms in total. The van der Waals surface area contributed by atoms with Crippen molar-refractivity contribution in [2.24, 2.45) is 0 Å². The van der Waals surface area contributed by atoms with Gasteiger partial charge in [-0.15, -0.1) is 11.3 Å². The van der Waals surface area contributed by atoms with Gasteiger partial charge in [-0.05, 0) is 22.7 Å². The first-order valence-corrected chi connectivity index (χ1v) is 6.23. The fourth-order valence-electron chi connectivity index (χ4n) is 1.47. The van der Waals surface area contributed by atoms with Gasteiger partial charge < -0.3 is 0 Å². The maximum absolute atomic E-state index is 2.18. The van der Waals surface area contributed by atoms with E-state index in [0.29, 0.717) is 0 Å². The molecule has 0 spiro atoms. The first-order chi connectivity index (χ1) is 7.95.